The van der Waals surface area contributed by atoms with Gasteiger partial charge in [-0.2, -0.15) is 5.26 Å². The first kappa shape index (κ1) is 9.54. The van der Waals surface area contributed by atoms with Gasteiger partial charge in [0, 0.05) is 6.42 Å². The second-order valence-electron chi connectivity index (χ2n) is 3.60. The van der Waals surface area contributed by atoms with Crippen molar-refractivity contribution in [2.45, 2.75) is 38.5 Å². The van der Waals surface area contributed by atoms with Crippen molar-refractivity contribution >= 4 is 0 Å². The quantitative estimate of drug-likeness (QED) is 0.649. The number of unbranched alkanes of at least 4 members (excludes halogenated alkanes) is 2. The molecule has 1 aliphatic rings. The molecule has 2 nitrogen and oxygen atoms in total. The van der Waals surface area contributed by atoms with Crippen molar-refractivity contribution in [1.29, 1.82) is 5.26 Å². The van der Waals surface area contributed by atoms with Gasteiger partial charge in [-0.25, -0.2) is 0 Å². The van der Waals surface area contributed by atoms with Crippen LogP contribution in [0.4, 0.5) is 0 Å². The molecule has 0 bridgehead atoms. The van der Waals surface area contributed by atoms with Crippen molar-refractivity contribution in [2.75, 3.05) is 13.1 Å². The second kappa shape index (κ2) is 6.02. The molecule has 68 valence electrons. The highest BCUT2D eigenvalue weighted by Crippen LogP contribution is 2.18. The Kier molecular flexibility index (Phi) is 4.79. The van der Waals surface area contributed by atoms with Crippen LogP contribution in [0.15, 0.2) is 0 Å². The predicted molar refractivity (Wildman–Crippen MR) is 49.7 cm³/mol. The van der Waals surface area contributed by atoms with Crippen LogP contribution in [0, 0.1) is 17.2 Å². The van der Waals surface area contributed by atoms with Gasteiger partial charge in [-0.15, -0.1) is 0 Å². The first-order chi connectivity index (χ1) is 5.93. The Morgan fingerprint density at radius 1 is 1.25 bits per heavy atom. The molecule has 0 aliphatic carbocycles. The van der Waals surface area contributed by atoms with E-state index in [4.69, 9.17) is 5.26 Å². The van der Waals surface area contributed by atoms with E-state index in [1.54, 1.807) is 0 Å². The lowest BCUT2D eigenvalue weighted by molar-refractivity contribution is 0.344. The van der Waals surface area contributed by atoms with Crippen molar-refractivity contribution in [3.8, 4) is 6.07 Å². The summed E-state index contributed by atoms with van der Waals surface area (Å²) in [6.45, 7) is 2.39. The number of piperidine rings is 1. The van der Waals surface area contributed by atoms with Crippen LogP contribution in [0.5, 0.6) is 0 Å². The molecule has 0 saturated carbocycles. The third kappa shape index (κ3) is 3.73. The fraction of sp³-hybridized carbons (Fsp3) is 0.900. The smallest absolute Gasteiger partial charge is 0.0621 e. The van der Waals surface area contributed by atoms with E-state index in [9.17, 15) is 0 Å². The van der Waals surface area contributed by atoms with Crippen LogP contribution in [0.2, 0.25) is 0 Å². The van der Waals surface area contributed by atoms with Gasteiger partial charge in [0.1, 0.15) is 0 Å². The summed E-state index contributed by atoms with van der Waals surface area (Å²) in [6.07, 6.45) is 7.10. The Bertz CT molecular complexity index is 142. The highest BCUT2D eigenvalue weighted by molar-refractivity contribution is 4.71. The fourth-order valence-electron chi connectivity index (χ4n) is 1.81. The monoisotopic (exact) mass is 166 g/mol. The standard InChI is InChI=1S/C10H18N2/c11-7-3-1-2-4-10-5-8-12-9-6-10/h10,12H,1-6,8-9H2. The van der Waals surface area contributed by atoms with E-state index in [1.807, 2.05) is 0 Å². The van der Waals surface area contributed by atoms with Gasteiger partial charge >= 0.3 is 0 Å². The van der Waals surface area contributed by atoms with Crippen molar-refractivity contribution < 1.29 is 0 Å². The summed E-state index contributed by atoms with van der Waals surface area (Å²) in [5.41, 5.74) is 0. The highest BCUT2D eigenvalue weighted by atomic mass is 14.9. The van der Waals surface area contributed by atoms with Crippen molar-refractivity contribution in [2.24, 2.45) is 5.92 Å². The zero-order chi connectivity index (χ0) is 8.65. The molecule has 0 spiro atoms. The van der Waals surface area contributed by atoms with E-state index >= 15 is 0 Å². The van der Waals surface area contributed by atoms with Crippen LogP contribution in [0.1, 0.15) is 38.5 Å². The topological polar surface area (TPSA) is 35.8 Å². The Morgan fingerprint density at radius 3 is 2.67 bits per heavy atom. The average molecular weight is 166 g/mol. The van der Waals surface area contributed by atoms with Crippen LogP contribution in [0.25, 0.3) is 0 Å². The molecule has 0 aromatic rings. The van der Waals surface area contributed by atoms with E-state index in [0.717, 1.165) is 18.8 Å². The van der Waals surface area contributed by atoms with E-state index in [0.29, 0.717) is 0 Å². The van der Waals surface area contributed by atoms with E-state index in [2.05, 4.69) is 11.4 Å². The molecule has 0 unspecified atom stereocenters. The molecule has 1 aliphatic heterocycles. The van der Waals surface area contributed by atoms with E-state index < -0.39 is 0 Å². The number of nitriles is 1. The summed E-state index contributed by atoms with van der Waals surface area (Å²) < 4.78 is 0. The van der Waals surface area contributed by atoms with Crippen molar-refractivity contribution in [3.05, 3.63) is 0 Å². The van der Waals surface area contributed by atoms with Crippen LogP contribution in [0.3, 0.4) is 0 Å². The molecular formula is C10H18N2. The molecule has 1 fully saturated rings. The number of rotatable bonds is 4. The lowest BCUT2D eigenvalue weighted by Crippen LogP contribution is -2.27. The van der Waals surface area contributed by atoms with Crippen LogP contribution in [-0.4, -0.2) is 13.1 Å². The number of hydrogen-bond donors (Lipinski definition) is 1. The van der Waals surface area contributed by atoms with Gasteiger partial charge in [-0.3, -0.25) is 0 Å². The van der Waals surface area contributed by atoms with Crippen LogP contribution < -0.4 is 5.32 Å². The summed E-state index contributed by atoms with van der Waals surface area (Å²) in [5, 5.41) is 11.7. The second-order valence-corrected chi connectivity index (χ2v) is 3.60. The molecule has 1 N–H and O–H groups in total. The summed E-state index contributed by atoms with van der Waals surface area (Å²) >= 11 is 0. The molecule has 0 aromatic carbocycles. The highest BCUT2D eigenvalue weighted by Gasteiger charge is 2.11. The van der Waals surface area contributed by atoms with Crippen molar-refractivity contribution in [1.82, 2.24) is 5.32 Å². The minimum absolute atomic E-state index is 0.741. The van der Waals surface area contributed by atoms with Gasteiger partial charge in [-0.05, 0) is 38.3 Å². The number of nitrogens with zero attached hydrogens (tertiary/aromatic N) is 1. The summed E-state index contributed by atoms with van der Waals surface area (Å²) in [5.74, 6) is 0.935. The average Bonchev–Trinajstić information content (AvgIpc) is 2.14. The zero-order valence-electron chi connectivity index (χ0n) is 7.68. The minimum atomic E-state index is 0.741. The predicted octanol–water partition coefficient (Wildman–Crippen LogP) is 2.07. The first-order valence-corrected chi connectivity index (χ1v) is 5.01. The van der Waals surface area contributed by atoms with Gasteiger partial charge in [0.05, 0.1) is 6.07 Å². The van der Waals surface area contributed by atoms with Gasteiger partial charge < -0.3 is 5.32 Å². The third-order valence-corrected chi connectivity index (χ3v) is 2.61. The summed E-state index contributed by atoms with van der Waals surface area (Å²) in [7, 11) is 0. The number of hydrogen-bond acceptors (Lipinski definition) is 2. The molecule has 1 saturated heterocycles. The summed E-state index contributed by atoms with van der Waals surface area (Å²) in [6, 6.07) is 2.19. The summed E-state index contributed by atoms with van der Waals surface area (Å²) in [4.78, 5) is 0. The SMILES string of the molecule is N#CCCCCC1CCNCC1. The third-order valence-electron chi connectivity index (χ3n) is 2.61. The molecular weight excluding hydrogens is 148 g/mol. The molecule has 0 aromatic heterocycles. The maximum absolute atomic E-state index is 8.34. The van der Waals surface area contributed by atoms with Gasteiger partial charge in [0.25, 0.3) is 0 Å². The van der Waals surface area contributed by atoms with Crippen molar-refractivity contribution in [3.63, 3.8) is 0 Å². The van der Waals surface area contributed by atoms with Crippen LogP contribution >= 0.6 is 0 Å². The van der Waals surface area contributed by atoms with Gasteiger partial charge in [0.15, 0.2) is 0 Å². The Labute approximate surface area is 75.0 Å². The Morgan fingerprint density at radius 2 is 2.00 bits per heavy atom. The molecule has 1 rings (SSSR count). The molecule has 0 atom stereocenters. The normalized spacial score (nSPS) is 18.9. The minimum Gasteiger partial charge on any atom is -0.317 e. The van der Waals surface area contributed by atoms with E-state index in [-0.39, 0.29) is 0 Å². The number of nitrogens with one attached hydrogen (secondary N) is 1. The van der Waals surface area contributed by atoms with Crippen LogP contribution in [-0.2, 0) is 0 Å². The molecule has 2 heteroatoms. The zero-order valence-corrected chi connectivity index (χ0v) is 7.68. The lowest BCUT2D eigenvalue weighted by atomic mass is 9.92. The first-order valence-electron chi connectivity index (χ1n) is 5.01. The molecule has 0 amide bonds. The van der Waals surface area contributed by atoms with Gasteiger partial charge in [-0.1, -0.05) is 12.8 Å². The Balaban J connectivity index is 1.95. The maximum Gasteiger partial charge on any atom is 0.0621 e. The molecule has 0 radical (unpaired) electrons. The fourth-order valence-corrected chi connectivity index (χ4v) is 1.81. The lowest BCUT2D eigenvalue weighted by Gasteiger charge is -2.22. The Hall–Kier alpha value is -0.550. The maximum atomic E-state index is 8.34. The molecule has 12 heavy (non-hydrogen) atoms. The van der Waals surface area contributed by atoms with Gasteiger partial charge in [0.2, 0.25) is 0 Å². The largest absolute Gasteiger partial charge is 0.317 e. The molecule has 1 heterocycles. The van der Waals surface area contributed by atoms with E-state index in [1.165, 1.54) is 38.8 Å².